The maximum atomic E-state index is 14.1. The summed E-state index contributed by atoms with van der Waals surface area (Å²) in [6.07, 6.45) is 4.98. The van der Waals surface area contributed by atoms with Crippen molar-refractivity contribution in [3.63, 3.8) is 0 Å². The van der Waals surface area contributed by atoms with Crippen LogP contribution in [-0.4, -0.2) is 61.2 Å². The number of rotatable bonds is 6. The Morgan fingerprint density at radius 3 is 2.27 bits per heavy atom. The highest BCUT2D eigenvalue weighted by Crippen LogP contribution is 2.39. The van der Waals surface area contributed by atoms with Crippen LogP contribution in [0.5, 0.6) is 0 Å². The molecule has 1 aromatic heterocycles. The molecule has 2 aliphatic carbocycles. The summed E-state index contributed by atoms with van der Waals surface area (Å²) in [4.78, 5) is 41.3. The summed E-state index contributed by atoms with van der Waals surface area (Å²) in [5.41, 5.74) is 0.169. The van der Waals surface area contributed by atoms with Crippen molar-refractivity contribution in [2.45, 2.75) is 104 Å². The fourth-order valence-corrected chi connectivity index (χ4v) is 8.34. The van der Waals surface area contributed by atoms with Crippen molar-refractivity contribution in [2.75, 3.05) is 16.4 Å². The van der Waals surface area contributed by atoms with Gasteiger partial charge in [-0.2, -0.15) is 0 Å². The second-order valence-corrected chi connectivity index (χ2v) is 16.2. The van der Waals surface area contributed by atoms with E-state index in [1.165, 1.54) is 0 Å². The molecule has 1 saturated heterocycles. The van der Waals surface area contributed by atoms with Gasteiger partial charge in [-0.15, -0.1) is 11.3 Å². The molecule has 11 heteroatoms. The molecule has 1 aliphatic heterocycles. The Labute approximate surface area is 247 Å². The number of carbonyl (C=O) groups is 3. The number of carboxylic acid groups (broad SMARTS) is 1. The first kappa shape index (κ1) is 31.4. The number of thiophene rings is 1. The lowest BCUT2D eigenvalue weighted by Gasteiger charge is -2.39. The molecule has 1 unspecified atom stereocenters. The average Bonchev–Trinajstić information content (AvgIpc) is 3.46. The van der Waals surface area contributed by atoms with E-state index in [1.807, 2.05) is 20.8 Å². The van der Waals surface area contributed by atoms with Crippen LogP contribution in [-0.2, 0) is 19.4 Å². The number of ether oxygens (including phenoxy) is 1. The first-order valence-corrected chi connectivity index (χ1v) is 17.3. The number of nitrogens with one attached hydrogen (secondary N) is 1. The molecule has 2 N–H and O–H groups in total. The van der Waals surface area contributed by atoms with Crippen LogP contribution in [0.25, 0.3) is 0 Å². The van der Waals surface area contributed by atoms with Crippen molar-refractivity contribution in [2.24, 2.45) is 17.3 Å². The van der Waals surface area contributed by atoms with Gasteiger partial charge in [-0.05, 0) is 90.5 Å². The summed E-state index contributed by atoms with van der Waals surface area (Å²) >= 11 is 1.11. The lowest BCUT2D eigenvalue weighted by atomic mass is 9.81. The number of aromatic carboxylic acids is 1. The van der Waals surface area contributed by atoms with Crippen molar-refractivity contribution in [1.82, 2.24) is 5.32 Å². The molecule has 1 aromatic rings. The third kappa shape index (κ3) is 8.48. The number of anilines is 1. The number of amides is 2. The van der Waals surface area contributed by atoms with Crippen LogP contribution in [0.3, 0.4) is 0 Å². The van der Waals surface area contributed by atoms with Gasteiger partial charge in [0.25, 0.3) is 0 Å². The monoisotopic (exact) mass is 606 g/mol. The maximum Gasteiger partial charge on any atom is 0.407 e. The fourth-order valence-electron chi connectivity index (χ4n) is 5.91. The largest absolute Gasteiger partial charge is 0.477 e. The van der Waals surface area contributed by atoms with E-state index in [0.29, 0.717) is 48.6 Å². The molecule has 2 saturated carbocycles. The first-order chi connectivity index (χ1) is 19.2. The standard InChI is InChI=1S/C30H42N2O7S2/c1-19-5-7-20(8-6-19)27(33)32(25-17-24(13-15-30(2,3)4)40-26(25)28(34)35)22-11-9-21(10-12-22)31-29(36)39-23-14-16-41(37,38)18-23/h17,19-23H,5-12,14,16,18H2,1-4H3,(H,31,36)(H,34,35)/t19-,20-,21?,22?,23?. The third-order valence-corrected chi connectivity index (χ3v) is 10.9. The van der Waals surface area contributed by atoms with E-state index in [4.69, 9.17) is 4.74 Å². The van der Waals surface area contributed by atoms with E-state index in [9.17, 15) is 27.9 Å². The normalized spacial score (nSPS) is 27.8. The summed E-state index contributed by atoms with van der Waals surface area (Å²) in [5.74, 6) is 5.51. The van der Waals surface area contributed by atoms with Gasteiger partial charge in [0.2, 0.25) is 5.91 Å². The minimum Gasteiger partial charge on any atom is -0.477 e. The Kier molecular flexibility index (Phi) is 9.74. The molecule has 2 heterocycles. The smallest absolute Gasteiger partial charge is 0.407 e. The zero-order valence-corrected chi connectivity index (χ0v) is 26.0. The molecule has 0 radical (unpaired) electrons. The third-order valence-electron chi connectivity index (χ3n) is 8.18. The zero-order valence-electron chi connectivity index (χ0n) is 24.4. The molecule has 0 bridgehead atoms. The van der Waals surface area contributed by atoms with E-state index in [-0.39, 0.29) is 45.7 Å². The van der Waals surface area contributed by atoms with Crippen LogP contribution in [0.4, 0.5) is 10.5 Å². The quantitative estimate of drug-likeness (QED) is 0.424. The van der Waals surface area contributed by atoms with Crippen LogP contribution in [0.2, 0.25) is 0 Å². The van der Waals surface area contributed by atoms with E-state index < -0.39 is 28.0 Å². The predicted molar refractivity (Wildman–Crippen MR) is 159 cm³/mol. The summed E-state index contributed by atoms with van der Waals surface area (Å²) in [7, 11) is -3.15. The van der Waals surface area contributed by atoms with E-state index in [2.05, 4.69) is 24.1 Å². The lowest BCUT2D eigenvalue weighted by molar-refractivity contribution is -0.124. The summed E-state index contributed by atoms with van der Waals surface area (Å²) < 4.78 is 28.7. The second kappa shape index (κ2) is 12.7. The molecule has 9 nitrogen and oxygen atoms in total. The van der Waals surface area contributed by atoms with Crippen LogP contribution >= 0.6 is 11.3 Å². The van der Waals surface area contributed by atoms with Crippen LogP contribution in [0, 0.1) is 29.1 Å². The van der Waals surface area contributed by atoms with Gasteiger partial charge in [-0.25, -0.2) is 18.0 Å². The molecule has 4 rings (SSSR count). The number of nitrogens with zero attached hydrogens (tertiary/aromatic N) is 1. The topological polar surface area (TPSA) is 130 Å². The zero-order chi connectivity index (χ0) is 29.9. The number of sulfone groups is 1. The highest BCUT2D eigenvalue weighted by Gasteiger charge is 2.38. The number of hydrogen-bond donors (Lipinski definition) is 2. The minimum atomic E-state index is -3.15. The molecule has 226 valence electrons. The molecule has 0 spiro atoms. The van der Waals surface area contributed by atoms with Gasteiger partial charge in [0.15, 0.2) is 9.84 Å². The van der Waals surface area contributed by atoms with Gasteiger partial charge in [0, 0.05) is 23.4 Å². The molecule has 1 atom stereocenters. The average molecular weight is 607 g/mol. The predicted octanol–water partition coefficient (Wildman–Crippen LogP) is 5.23. The Hall–Kier alpha value is -2.58. The van der Waals surface area contributed by atoms with Crippen molar-refractivity contribution >= 4 is 44.8 Å². The van der Waals surface area contributed by atoms with Crippen molar-refractivity contribution in [3.05, 3.63) is 15.8 Å². The maximum absolute atomic E-state index is 14.1. The lowest BCUT2D eigenvalue weighted by Crippen LogP contribution is -2.49. The van der Waals surface area contributed by atoms with Crippen LogP contribution < -0.4 is 10.2 Å². The summed E-state index contributed by atoms with van der Waals surface area (Å²) in [6.45, 7) is 8.17. The molecule has 0 aromatic carbocycles. The first-order valence-electron chi connectivity index (χ1n) is 14.6. The molecule has 3 fully saturated rings. The number of carbonyl (C=O) groups excluding carboxylic acids is 2. The highest BCUT2D eigenvalue weighted by atomic mass is 32.2. The van der Waals surface area contributed by atoms with Gasteiger partial charge >= 0.3 is 12.1 Å². The van der Waals surface area contributed by atoms with Crippen molar-refractivity contribution in [1.29, 1.82) is 0 Å². The number of hydrogen-bond acceptors (Lipinski definition) is 7. The van der Waals surface area contributed by atoms with Crippen LogP contribution in [0.1, 0.15) is 100 Å². The second-order valence-electron chi connectivity index (χ2n) is 12.9. The van der Waals surface area contributed by atoms with Crippen molar-refractivity contribution in [3.8, 4) is 11.8 Å². The Morgan fingerprint density at radius 2 is 1.71 bits per heavy atom. The number of alkyl carbamates (subject to hydrolysis) is 1. The fraction of sp³-hybridized carbons (Fsp3) is 0.700. The van der Waals surface area contributed by atoms with Gasteiger partial charge < -0.3 is 20.1 Å². The Morgan fingerprint density at radius 1 is 1.05 bits per heavy atom. The molecule has 3 aliphatic rings. The molecule has 41 heavy (non-hydrogen) atoms. The van der Waals surface area contributed by atoms with Crippen LogP contribution in [0.15, 0.2) is 6.07 Å². The van der Waals surface area contributed by atoms with Gasteiger partial charge in [0.1, 0.15) is 11.0 Å². The van der Waals surface area contributed by atoms with Gasteiger partial charge in [-0.1, -0.05) is 18.8 Å². The van der Waals surface area contributed by atoms with E-state index >= 15 is 0 Å². The molecular formula is C30H42N2O7S2. The summed E-state index contributed by atoms with van der Waals surface area (Å²) in [6, 6.07) is 1.39. The SMILES string of the molecule is CC(C)(C)C#Cc1cc(N(C(=O)[C@H]2CC[C@H](C)CC2)C2CCC(NC(=O)OC3CCS(=O)(=O)C3)CC2)c(C(=O)O)s1. The number of carboxylic acids is 1. The Balaban J connectivity index is 1.51. The Bertz CT molecular complexity index is 1300. The van der Waals surface area contributed by atoms with E-state index in [1.54, 1.807) is 11.0 Å². The minimum absolute atomic E-state index is 0.0224. The summed E-state index contributed by atoms with van der Waals surface area (Å²) in [5, 5.41) is 13.0. The molecule has 2 amide bonds. The van der Waals surface area contributed by atoms with Gasteiger partial charge in [-0.3, -0.25) is 4.79 Å². The molecular weight excluding hydrogens is 564 g/mol. The van der Waals surface area contributed by atoms with Crippen molar-refractivity contribution < 1.29 is 32.6 Å². The highest BCUT2D eigenvalue weighted by molar-refractivity contribution is 7.91. The van der Waals surface area contributed by atoms with E-state index in [0.717, 1.165) is 37.0 Å². The van der Waals surface area contributed by atoms with Gasteiger partial charge in [0.05, 0.1) is 22.1 Å².